The molecule has 0 spiro atoms. The lowest BCUT2D eigenvalue weighted by Crippen LogP contribution is -2.18. The molecule has 0 aliphatic carbocycles. The molecule has 1 aromatic carbocycles. The average Bonchev–Trinajstić information content (AvgIpc) is 2.56. The summed E-state index contributed by atoms with van der Waals surface area (Å²) in [6.07, 6.45) is 0.878. The lowest BCUT2D eigenvalue weighted by atomic mass is 10.1. The molecule has 18 heavy (non-hydrogen) atoms. The molecular weight excluding hydrogens is 222 g/mol. The summed E-state index contributed by atoms with van der Waals surface area (Å²) in [4.78, 5) is 0. The van der Waals surface area contributed by atoms with Crippen LogP contribution < -0.4 is 5.73 Å². The van der Waals surface area contributed by atoms with Crippen molar-refractivity contribution in [1.82, 2.24) is 9.78 Å². The fraction of sp³-hybridized carbons (Fsp3) is 0.400. The Hall–Kier alpha value is -1.61. The minimum absolute atomic E-state index is 0.164. The summed E-state index contributed by atoms with van der Waals surface area (Å²) in [6.45, 7) is 8.29. The standard InChI is InChI=1S/C15H21N3/c1-10-6-5-7-14(8-10)18-13(4)15(9-11(2)16)12(3)17-18/h5-8,11H,9,16H2,1-4H3. The SMILES string of the molecule is Cc1cccc(-n2nc(C)c(CC(C)N)c2C)c1. The van der Waals surface area contributed by atoms with E-state index in [-0.39, 0.29) is 6.04 Å². The van der Waals surface area contributed by atoms with Gasteiger partial charge in [-0.2, -0.15) is 5.10 Å². The van der Waals surface area contributed by atoms with Crippen molar-refractivity contribution < 1.29 is 0 Å². The lowest BCUT2D eigenvalue weighted by Gasteiger charge is -2.07. The molecule has 0 aliphatic rings. The molecule has 2 N–H and O–H groups in total. The summed E-state index contributed by atoms with van der Waals surface area (Å²) < 4.78 is 2.01. The van der Waals surface area contributed by atoms with Gasteiger partial charge in [-0.05, 0) is 57.4 Å². The van der Waals surface area contributed by atoms with Gasteiger partial charge in [0.15, 0.2) is 0 Å². The Kier molecular flexibility index (Phi) is 3.53. The highest BCUT2D eigenvalue weighted by molar-refractivity contribution is 5.39. The summed E-state index contributed by atoms with van der Waals surface area (Å²) >= 11 is 0. The Labute approximate surface area is 109 Å². The predicted molar refractivity (Wildman–Crippen MR) is 75.1 cm³/mol. The Morgan fingerprint density at radius 3 is 2.61 bits per heavy atom. The first-order valence-electron chi connectivity index (χ1n) is 6.36. The van der Waals surface area contributed by atoms with Crippen LogP contribution >= 0.6 is 0 Å². The van der Waals surface area contributed by atoms with Gasteiger partial charge in [0.05, 0.1) is 11.4 Å². The van der Waals surface area contributed by atoms with Gasteiger partial charge in [-0.3, -0.25) is 0 Å². The maximum atomic E-state index is 5.90. The molecule has 1 atom stereocenters. The number of hydrogen-bond donors (Lipinski definition) is 1. The van der Waals surface area contributed by atoms with Crippen molar-refractivity contribution in [3.05, 3.63) is 46.8 Å². The summed E-state index contributed by atoms with van der Waals surface area (Å²) in [5, 5.41) is 4.64. The Morgan fingerprint density at radius 1 is 1.28 bits per heavy atom. The van der Waals surface area contributed by atoms with Gasteiger partial charge in [0.1, 0.15) is 0 Å². The monoisotopic (exact) mass is 243 g/mol. The van der Waals surface area contributed by atoms with E-state index in [0.717, 1.165) is 17.8 Å². The molecular formula is C15H21N3. The highest BCUT2D eigenvalue weighted by Crippen LogP contribution is 2.19. The number of nitrogens with two attached hydrogens (primary N) is 1. The van der Waals surface area contributed by atoms with Crippen LogP contribution in [0.5, 0.6) is 0 Å². The van der Waals surface area contributed by atoms with Gasteiger partial charge in [-0.1, -0.05) is 12.1 Å². The smallest absolute Gasteiger partial charge is 0.0651 e. The third-order valence-electron chi connectivity index (χ3n) is 3.21. The van der Waals surface area contributed by atoms with Crippen molar-refractivity contribution in [2.75, 3.05) is 0 Å². The van der Waals surface area contributed by atoms with Crippen LogP contribution in [0.15, 0.2) is 24.3 Å². The van der Waals surface area contributed by atoms with Crippen LogP contribution in [-0.2, 0) is 6.42 Å². The van der Waals surface area contributed by atoms with Crippen molar-refractivity contribution in [3.63, 3.8) is 0 Å². The first kappa shape index (κ1) is 12.8. The minimum atomic E-state index is 0.164. The van der Waals surface area contributed by atoms with E-state index in [9.17, 15) is 0 Å². The van der Waals surface area contributed by atoms with E-state index in [4.69, 9.17) is 5.73 Å². The van der Waals surface area contributed by atoms with E-state index < -0.39 is 0 Å². The van der Waals surface area contributed by atoms with Crippen LogP contribution in [0.1, 0.15) is 29.4 Å². The Morgan fingerprint density at radius 2 is 2.00 bits per heavy atom. The second-order valence-electron chi connectivity index (χ2n) is 5.08. The van der Waals surface area contributed by atoms with E-state index in [1.165, 1.54) is 16.8 Å². The molecule has 1 aromatic heterocycles. The average molecular weight is 243 g/mol. The largest absolute Gasteiger partial charge is 0.328 e. The minimum Gasteiger partial charge on any atom is -0.328 e. The van der Waals surface area contributed by atoms with Crippen molar-refractivity contribution in [3.8, 4) is 5.69 Å². The van der Waals surface area contributed by atoms with Gasteiger partial charge < -0.3 is 5.73 Å². The van der Waals surface area contributed by atoms with Crippen LogP contribution in [0.25, 0.3) is 5.69 Å². The fourth-order valence-corrected chi connectivity index (χ4v) is 2.30. The second-order valence-corrected chi connectivity index (χ2v) is 5.08. The van der Waals surface area contributed by atoms with E-state index >= 15 is 0 Å². The molecule has 0 radical (unpaired) electrons. The normalized spacial score (nSPS) is 12.7. The van der Waals surface area contributed by atoms with Crippen LogP contribution in [0.2, 0.25) is 0 Å². The van der Waals surface area contributed by atoms with E-state index in [1.807, 2.05) is 11.6 Å². The van der Waals surface area contributed by atoms with Crippen molar-refractivity contribution in [1.29, 1.82) is 0 Å². The predicted octanol–water partition coefficient (Wildman–Crippen LogP) is 2.69. The fourth-order valence-electron chi connectivity index (χ4n) is 2.30. The van der Waals surface area contributed by atoms with Crippen molar-refractivity contribution >= 4 is 0 Å². The molecule has 0 saturated carbocycles. The van der Waals surface area contributed by atoms with Gasteiger partial charge in [-0.25, -0.2) is 4.68 Å². The summed E-state index contributed by atoms with van der Waals surface area (Å²) in [6, 6.07) is 8.55. The third kappa shape index (κ3) is 2.46. The number of hydrogen-bond acceptors (Lipinski definition) is 2. The molecule has 0 bridgehead atoms. The third-order valence-corrected chi connectivity index (χ3v) is 3.21. The lowest BCUT2D eigenvalue weighted by molar-refractivity contribution is 0.730. The maximum absolute atomic E-state index is 5.90. The van der Waals surface area contributed by atoms with E-state index in [1.54, 1.807) is 0 Å². The van der Waals surface area contributed by atoms with Gasteiger partial charge in [0, 0.05) is 11.7 Å². The number of aromatic nitrogens is 2. The number of aryl methyl sites for hydroxylation is 2. The molecule has 96 valence electrons. The molecule has 0 saturated heterocycles. The summed E-state index contributed by atoms with van der Waals surface area (Å²) in [5.41, 5.74) is 11.8. The summed E-state index contributed by atoms with van der Waals surface area (Å²) in [7, 11) is 0. The van der Waals surface area contributed by atoms with E-state index in [0.29, 0.717) is 0 Å². The van der Waals surface area contributed by atoms with Gasteiger partial charge >= 0.3 is 0 Å². The highest BCUT2D eigenvalue weighted by atomic mass is 15.3. The quantitative estimate of drug-likeness (QED) is 0.900. The topological polar surface area (TPSA) is 43.8 Å². The van der Waals surface area contributed by atoms with Gasteiger partial charge in [-0.15, -0.1) is 0 Å². The zero-order valence-electron chi connectivity index (χ0n) is 11.6. The van der Waals surface area contributed by atoms with Crippen LogP contribution in [0.4, 0.5) is 0 Å². The molecule has 1 unspecified atom stereocenters. The van der Waals surface area contributed by atoms with Crippen LogP contribution in [-0.4, -0.2) is 15.8 Å². The zero-order chi connectivity index (χ0) is 13.3. The highest BCUT2D eigenvalue weighted by Gasteiger charge is 2.13. The maximum Gasteiger partial charge on any atom is 0.0651 e. The molecule has 2 rings (SSSR count). The molecule has 2 aromatic rings. The number of nitrogens with zero attached hydrogens (tertiary/aromatic N) is 2. The molecule has 0 fully saturated rings. The first-order valence-corrected chi connectivity index (χ1v) is 6.36. The van der Waals surface area contributed by atoms with Gasteiger partial charge in [0.25, 0.3) is 0 Å². The van der Waals surface area contributed by atoms with Crippen molar-refractivity contribution in [2.45, 2.75) is 40.2 Å². The Bertz CT molecular complexity index is 553. The second kappa shape index (κ2) is 4.94. The van der Waals surface area contributed by atoms with Crippen LogP contribution in [0, 0.1) is 20.8 Å². The number of benzene rings is 1. The molecule has 3 nitrogen and oxygen atoms in total. The molecule has 3 heteroatoms. The van der Waals surface area contributed by atoms with Gasteiger partial charge in [0.2, 0.25) is 0 Å². The zero-order valence-corrected chi connectivity index (χ0v) is 11.6. The summed E-state index contributed by atoms with van der Waals surface area (Å²) in [5.74, 6) is 0. The first-order chi connectivity index (χ1) is 8.49. The molecule has 1 heterocycles. The van der Waals surface area contributed by atoms with Crippen LogP contribution in [0.3, 0.4) is 0 Å². The Balaban J connectivity index is 2.47. The number of rotatable bonds is 3. The van der Waals surface area contributed by atoms with Crippen molar-refractivity contribution in [2.24, 2.45) is 5.73 Å². The molecule has 0 amide bonds. The molecule has 0 aliphatic heterocycles. The van der Waals surface area contributed by atoms with E-state index in [2.05, 4.69) is 50.1 Å².